The number of aliphatic carboxylic acids is 1. The van der Waals surface area contributed by atoms with Gasteiger partial charge in [-0.25, -0.2) is 14.6 Å². The second-order valence-corrected chi connectivity index (χ2v) is 4.18. The summed E-state index contributed by atoms with van der Waals surface area (Å²) in [4.78, 5) is 28.2. The average Bonchev–Trinajstić information content (AvgIpc) is 2.74. The van der Waals surface area contributed by atoms with Gasteiger partial charge < -0.3 is 19.9 Å². The van der Waals surface area contributed by atoms with E-state index in [9.17, 15) is 9.59 Å². The van der Waals surface area contributed by atoms with Crippen molar-refractivity contribution in [3.05, 3.63) is 30.9 Å². The normalized spacial score (nSPS) is 11.7. The molecule has 2 N–H and O–H groups in total. The lowest BCUT2D eigenvalue weighted by Gasteiger charge is -2.20. The fraction of sp³-hybridized carbons (Fsp3) is 0.417. The quantitative estimate of drug-likeness (QED) is 0.738. The second kappa shape index (κ2) is 6.58. The molecule has 1 aromatic heterocycles. The molecule has 0 fully saturated rings. The van der Waals surface area contributed by atoms with Crippen LogP contribution in [0.2, 0.25) is 0 Å². The molecule has 1 aromatic rings. The number of carboxylic acid groups (broad SMARTS) is 1. The maximum absolute atomic E-state index is 11.9. The summed E-state index contributed by atoms with van der Waals surface area (Å²) < 4.78 is 1.79. The summed E-state index contributed by atoms with van der Waals surface area (Å²) in [5, 5.41) is 11.4. The van der Waals surface area contributed by atoms with Gasteiger partial charge in [-0.05, 0) is 6.42 Å². The molecule has 0 bridgehead atoms. The molecule has 0 aliphatic rings. The van der Waals surface area contributed by atoms with E-state index in [0.717, 1.165) is 0 Å². The molecule has 2 amide bonds. The van der Waals surface area contributed by atoms with Gasteiger partial charge in [-0.15, -0.1) is 6.58 Å². The summed E-state index contributed by atoms with van der Waals surface area (Å²) in [6, 6.07) is -1.42. The van der Waals surface area contributed by atoms with Gasteiger partial charge in [-0.1, -0.05) is 6.08 Å². The van der Waals surface area contributed by atoms with Gasteiger partial charge in [-0.2, -0.15) is 0 Å². The summed E-state index contributed by atoms with van der Waals surface area (Å²) in [5.74, 6) is -0.369. The van der Waals surface area contributed by atoms with Crippen molar-refractivity contribution in [3.8, 4) is 0 Å². The smallest absolute Gasteiger partial charge is 0.326 e. The largest absolute Gasteiger partial charge is 0.480 e. The zero-order chi connectivity index (χ0) is 14.4. The molecule has 1 rings (SSSR count). The van der Waals surface area contributed by atoms with Crippen molar-refractivity contribution >= 4 is 12.0 Å². The van der Waals surface area contributed by atoms with E-state index in [1.165, 1.54) is 11.0 Å². The minimum atomic E-state index is -1.08. The van der Waals surface area contributed by atoms with E-state index in [4.69, 9.17) is 5.11 Å². The van der Waals surface area contributed by atoms with Crippen molar-refractivity contribution in [1.29, 1.82) is 0 Å². The standard InChI is InChI=1S/C12H18N4O3/c1-4-5-9(11(17)18)14-12(19)16(3)8-10-13-6-7-15(10)2/h4,6-7,9H,1,5,8H2,2-3H3,(H,14,19)(H,17,18). The van der Waals surface area contributed by atoms with Gasteiger partial charge in [0.1, 0.15) is 11.9 Å². The lowest BCUT2D eigenvalue weighted by atomic mass is 10.2. The SMILES string of the molecule is C=CCC(NC(=O)N(C)Cc1nccn1C)C(=O)O. The molecular weight excluding hydrogens is 248 g/mol. The lowest BCUT2D eigenvalue weighted by Crippen LogP contribution is -2.46. The molecule has 1 atom stereocenters. The highest BCUT2D eigenvalue weighted by atomic mass is 16.4. The number of carbonyl (C=O) groups is 2. The number of urea groups is 1. The molecule has 0 aliphatic carbocycles. The highest BCUT2D eigenvalue weighted by Crippen LogP contribution is 2.01. The molecule has 0 saturated heterocycles. The Balaban J connectivity index is 2.59. The van der Waals surface area contributed by atoms with Crippen LogP contribution in [0.5, 0.6) is 0 Å². The van der Waals surface area contributed by atoms with Gasteiger partial charge >= 0.3 is 12.0 Å². The Labute approximate surface area is 111 Å². The van der Waals surface area contributed by atoms with Crippen LogP contribution in [0.4, 0.5) is 4.79 Å². The number of imidazole rings is 1. The summed E-state index contributed by atoms with van der Waals surface area (Å²) in [6.45, 7) is 3.77. The minimum Gasteiger partial charge on any atom is -0.480 e. The third kappa shape index (κ3) is 4.13. The number of carbonyl (C=O) groups excluding carboxylic acids is 1. The Kier molecular flexibility index (Phi) is 5.11. The Morgan fingerprint density at radius 1 is 1.68 bits per heavy atom. The van der Waals surface area contributed by atoms with Crippen molar-refractivity contribution in [2.75, 3.05) is 7.05 Å². The number of carboxylic acids is 1. The van der Waals surface area contributed by atoms with Crippen molar-refractivity contribution in [2.24, 2.45) is 7.05 Å². The number of aryl methyl sites for hydroxylation is 1. The number of hydrogen-bond acceptors (Lipinski definition) is 3. The highest BCUT2D eigenvalue weighted by molar-refractivity contribution is 5.82. The fourth-order valence-electron chi connectivity index (χ4n) is 1.48. The first-order chi connectivity index (χ1) is 8.95. The molecule has 1 heterocycles. The van der Waals surface area contributed by atoms with Crippen LogP contribution in [0.1, 0.15) is 12.2 Å². The zero-order valence-electron chi connectivity index (χ0n) is 11.0. The number of amides is 2. The van der Waals surface area contributed by atoms with Crippen LogP contribution in [-0.4, -0.2) is 44.6 Å². The van der Waals surface area contributed by atoms with Crippen LogP contribution in [0.15, 0.2) is 25.0 Å². The first-order valence-corrected chi connectivity index (χ1v) is 5.77. The molecule has 7 heteroatoms. The lowest BCUT2D eigenvalue weighted by molar-refractivity contribution is -0.139. The minimum absolute atomic E-state index is 0.178. The number of aromatic nitrogens is 2. The van der Waals surface area contributed by atoms with Crippen LogP contribution < -0.4 is 5.32 Å². The summed E-state index contributed by atoms with van der Waals surface area (Å²) in [6.07, 6.45) is 5.05. The fourth-order valence-corrected chi connectivity index (χ4v) is 1.48. The van der Waals surface area contributed by atoms with Gasteiger partial charge in [0.15, 0.2) is 0 Å². The zero-order valence-corrected chi connectivity index (χ0v) is 11.0. The third-order valence-electron chi connectivity index (χ3n) is 2.64. The summed E-state index contributed by atoms with van der Waals surface area (Å²) in [5.41, 5.74) is 0. The molecule has 7 nitrogen and oxygen atoms in total. The summed E-state index contributed by atoms with van der Waals surface area (Å²) in [7, 11) is 3.41. The molecular formula is C12H18N4O3. The van der Waals surface area contributed by atoms with Crippen LogP contribution in [0.25, 0.3) is 0 Å². The van der Waals surface area contributed by atoms with Gasteiger partial charge in [0, 0.05) is 26.5 Å². The number of nitrogens with zero attached hydrogens (tertiary/aromatic N) is 3. The van der Waals surface area contributed by atoms with Crippen LogP contribution in [0.3, 0.4) is 0 Å². The topological polar surface area (TPSA) is 87.5 Å². The van der Waals surface area contributed by atoms with E-state index in [1.807, 2.05) is 7.05 Å². The Hall–Kier alpha value is -2.31. The van der Waals surface area contributed by atoms with Crippen molar-refractivity contribution in [2.45, 2.75) is 19.0 Å². The van der Waals surface area contributed by atoms with Gasteiger partial charge in [-0.3, -0.25) is 0 Å². The Bertz CT molecular complexity index is 469. The molecule has 0 saturated carbocycles. The second-order valence-electron chi connectivity index (χ2n) is 4.18. The molecule has 0 aliphatic heterocycles. The Morgan fingerprint density at radius 2 is 2.37 bits per heavy atom. The van der Waals surface area contributed by atoms with Crippen LogP contribution >= 0.6 is 0 Å². The molecule has 0 radical (unpaired) electrons. The molecule has 0 aromatic carbocycles. The van der Waals surface area contributed by atoms with E-state index < -0.39 is 18.0 Å². The number of hydrogen-bond donors (Lipinski definition) is 2. The monoisotopic (exact) mass is 266 g/mol. The highest BCUT2D eigenvalue weighted by Gasteiger charge is 2.20. The van der Waals surface area contributed by atoms with Gasteiger partial charge in [0.2, 0.25) is 0 Å². The van der Waals surface area contributed by atoms with Gasteiger partial charge in [0.05, 0.1) is 6.54 Å². The van der Waals surface area contributed by atoms with E-state index in [-0.39, 0.29) is 6.42 Å². The van der Waals surface area contributed by atoms with Crippen LogP contribution in [-0.2, 0) is 18.4 Å². The van der Waals surface area contributed by atoms with E-state index in [1.54, 1.807) is 24.0 Å². The average molecular weight is 266 g/mol. The molecule has 104 valence electrons. The van der Waals surface area contributed by atoms with Gasteiger partial charge in [0.25, 0.3) is 0 Å². The molecule has 1 unspecified atom stereocenters. The maximum atomic E-state index is 11.9. The first-order valence-electron chi connectivity index (χ1n) is 5.77. The maximum Gasteiger partial charge on any atom is 0.326 e. The predicted octanol–water partition coefficient (Wildman–Crippen LogP) is 0.591. The van der Waals surface area contributed by atoms with E-state index in [0.29, 0.717) is 12.4 Å². The number of rotatable bonds is 6. The molecule has 0 spiro atoms. The molecule has 19 heavy (non-hydrogen) atoms. The summed E-state index contributed by atoms with van der Waals surface area (Å²) >= 11 is 0. The number of nitrogens with one attached hydrogen (secondary N) is 1. The third-order valence-corrected chi connectivity index (χ3v) is 2.64. The first kappa shape index (κ1) is 14.7. The van der Waals surface area contributed by atoms with Crippen molar-refractivity contribution in [1.82, 2.24) is 19.8 Å². The van der Waals surface area contributed by atoms with E-state index in [2.05, 4.69) is 16.9 Å². The van der Waals surface area contributed by atoms with E-state index >= 15 is 0 Å². The van der Waals surface area contributed by atoms with Crippen molar-refractivity contribution < 1.29 is 14.7 Å². The Morgan fingerprint density at radius 3 is 2.84 bits per heavy atom. The van der Waals surface area contributed by atoms with Crippen molar-refractivity contribution in [3.63, 3.8) is 0 Å². The predicted molar refractivity (Wildman–Crippen MR) is 69.4 cm³/mol. The van der Waals surface area contributed by atoms with Crippen LogP contribution in [0, 0.1) is 0 Å².